The minimum atomic E-state index is 0.227. The maximum atomic E-state index is 12.1. The molecule has 96 valence electrons. The molecule has 1 aromatic carbocycles. The maximum absolute atomic E-state index is 12.1. The van der Waals surface area contributed by atoms with Gasteiger partial charge in [-0.3, -0.25) is 4.79 Å². The fourth-order valence-corrected chi connectivity index (χ4v) is 3.35. The lowest BCUT2D eigenvalue weighted by atomic mass is 9.92. The number of nitrogens with one attached hydrogen (secondary N) is 2. The Morgan fingerprint density at radius 2 is 2.17 bits per heavy atom. The Morgan fingerprint density at radius 3 is 3.00 bits per heavy atom. The fourth-order valence-electron chi connectivity index (χ4n) is 3.35. The Kier molecular flexibility index (Phi) is 3.08. The highest BCUT2D eigenvalue weighted by atomic mass is 16.2. The highest BCUT2D eigenvalue weighted by Crippen LogP contribution is 2.59. The molecule has 1 fully saturated rings. The summed E-state index contributed by atoms with van der Waals surface area (Å²) in [6.45, 7) is 1.57. The summed E-state index contributed by atoms with van der Waals surface area (Å²) < 4.78 is 0. The van der Waals surface area contributed by atoms with Gasteiger partial charge >= 0.3 is 0 Å². The Hall–Kier alpha value is -1.35. The van der Waals surface area contributed by atoms with Gasteiger partial charge in [0.15, 0.2) is 0 Å². The average molecular weight is 244 g/mol. The third-order valence-corrected chi connectivity index (χ3v) is 4.31. The number of benzene rings is 1. The molecule has 2 aliphatic rings. The number of carbonyl (C=O) groups excluding carboxylic acids is 1. The molecule has 0 spiro atoms. The molecule has 1 amide bonds. The van der Waals surface area contributed by atoms with Gasteiger partial charge in [0.1, 0.15) is 0 Å². The van der Waals surface area contributed by atoms with E-state index >= 15 is 0 Å². The van der Waals surface area contributed by atoms with Gasteiger partial charge in [-0.1, -0.05) is 24.3 Å². The third-order valence-electron chi connectivity index (χ3n) is 4.31. The summed E-state index contributed by atoms with van der Waals surface area (Å²) >= 11 is 0. The highest BCUT2D eigenvalue weighted by molar-refractivity contribution is 5.84. The molecule has 2 aliphatic carbocycles. The predicted octanol–water partition coefficient (Wildman–Crippen LogP) is 1.30. The Balaban J connectivity index is 1.67. The first-order valence-electron chi connectivity index (χ1n) is 6.83. The van der Waals surface area contributed by atoms with E-state index in [1.165, 1.54) is 17.5 Å². The minimum Gasteiger partial charge on any atom is -0.355 e. The average Bonchev–Trinajstić information content (AvgIpc) is 3.14. The summed E-state index contributed by atoms with van der Waals surface area (Å²) in [6, 6.07) is 8.60. The fraction of sp³-hybridized carbons (Fsp3) is 0.533. The van der Waals surface area contributed by atoms with Gasteiger partial charge < -0.3 is 10.6 Å². The van der Waals surface area contributed by atoms with Crippen LogP contribution >= 0.6 is 0 Å². The first-order valence-corrected chi connectivity index (χ1v) is 6.83. The number of amides is 1. The second kappa shape index (κ2) is 4.73. The van der Waals surface area contributed by atoms with Gasteiger partial charge in [0.2, 0.25) is 5.91 Å². The first kappa shape index (κ1) is 11.7. The minimum absolute atomic E-state index is 0.227. The number of carbonyl (C=O) groups is 1. The lowest BCUT2D eigenvalue weighted by Gasteiger charge is -2.13. The Labute approximate surface area is 108 Å². The molecule has 3 unspecified atom stereocenters. The van der Waals surface area contributed by atoms with Crippen molar-refractivity contribution < 1.29 is 4.79 Å². The largest absolute Gasteiger partial charge is 0.355 e. The number of hydrogen-bond donors (Lipinski definition) is 2. The molecule has 1 saturated carbocycles. The second-order valence-electron chi connectivity index (χ2n) is 5.35. The number of likely N-dealkylation sites (N-methyl/N-ethyl adjacent to an activating group) is 1. The van der Waals surface area contributed by atoms with E-state index in [1.807, 2.05) is 7.05 Å². The van der Waals surface area contributed by atoms with Crippen LogP contribution in [-0.2, 0) is 11.2 Å². The van der Waals surface area contributed by atoms with Gasteiger partial charge in [0, 0.05) is 19.0 Å². The van der Waals surface area contributed by atoms with E-state index in [1.54, 1.807) is 0 Å². The predicted molar refractivity (Wildman–Crippen MR) is 71.4 cm³/mol. The van der Waals surface area contributed by atoms with Crippen molar-refractivity contribution in [2.45, 2.75) is 18.8 Å². The van der Waals surface area contributed by atoms with E-state index in [0.717, 1.165) is 19.5 Å². The summed E-state index contributed by atoms with van der Waals surface area (Å²) in [6.07, 6.45) is 2.31. The van der Waals surface area contributed by atoms with Crippen molar-refractivity contribution >= 4 is 5.91 Å². The van der Waals surface area contributed by atoms with Crippen LogP contribution in [0.5, 0.6) is 0 Å². The molecule has 3 rings (SSSR count). The lowest BCUT2D eigenvalue weighted by Crippen LogP contribution is -2.32. The van der Waals surface area contributed by atoms with Crippen molar-refractivity contribution in [1.82, 2.24) is 10.6 Å². The molecule has 0 saturated heterocycles. The monoisotopic (exact) mass is 244 g/mol. The van der Waals surface area contributed by atoms with Crippen molar-refractivity contribution in [3.05, 3.63) is 35.4 Å². The second-order valence-corrected chi connectivity index (χ2v) is 5.35. The molecule has 3 heteroatoms. The van der Waals surface area contributed by atoms with Gasteiger partial charge in [-0.2, -0.15) is 0 Å². The molecule has 0 aliphatic heterocycles. The third kappa shape index (κ3) is 1.93. The van der Waals surface area contributed by atoms with Gasteiger partial charge in [0.05, 0.1) is 0 Å². The van der Waals surface area contributed by atoms with Crippen molar-refractivity contribution in [3.63, 3.8) is 0 Å². The molecule has 3 nitrogen and oxygen atoms in total. The molecule has 1 aromatic rings. The van der Waals surface area contributed by atoms with Gasteiger partial charge in [0.25, 0.3) is 0 Å². The zero-order valence-electron chi connectivity index (χ0n) is 10.8. The van der Waals surface area contributed by atoms with Crippen LogP contribution in [0, 0.1) is 11.8 Å². The summed E-state index contributed by atoms with van der Waals surface area (Å²) in [5.74, 6) is 1.56. The van der Waals surface area contributed by atoms with E-state index in [0.29, 0.717) is 11.8 Å². The summed E-state index contributed by atoms with van der Waals surface area (Å²) in [7, 11) is 1.90. The van der Waals surface area contributed by atoms with Crippen LogP contribution in [0.4, 0.5) is 0 Å². The zero-order valence-corrected chi connectivity index (χ0v) is 10.8. The van der Waals surface area contributed by atoms with E-state index < -0.39 is 0 Å². The molecular weight excluding hydrogens is 224 g/mol. The zero-order chi connectivity index (χ0) is 12.5. The smallest absolute Gasteiger partial charge is 0.224 e. The van der Waals surface area contributed by atoms with Crippen LogP contribution in [0.25, 0.3) is 0 Å². The van der Waals surface area contributed by atoms with Crippen LogP contribution < -0.4 is 10.6 Å². The summed E-state index contributed by atoms with van der Waals surface area (Å²) in [4.78, 5) is 12.1. The van der Waals surface area contributed by atoms with Crippen LogP contribution in [0.1, 0.15) is 23.5 Å². The maximum Gasteiger partial charge on any atom is 0.224 e. The van der Waals surface area contributed by atoms with E-state index in [-0.39, 0.29) is 11.8 Å². The van der Waals surface area contributed by atoms with Crippen LogP contribution in [-0.4, -0.2) is 26.0 Å². The lowest BCUT2D eigenvalue weighted by molar-refractivity contribution is -0.122. The van der Waals surface area contributed by atoms with Gasteiger partial charge in [-0.25, -0.2) is 0 Å². The van der Waals surface area contributed by atoms with E-state index in [2.05, 4.69) is 34.9 Å². The number of rotatable bonds is 4. The van der Waals surface area contributed by atoms with Crippen molar-refractivity contribution in [1.29, 1.82) is 0 Å². The normalized spacial score (nSPS) is 28.2. The standard InChI is InChI=1S/C15H20N2O/c1-16-8-9-17-15(18)14-12-7-6-10-4-2-3-5-11(10)13(12)14/h2-5,12-14,16H,6-9H2,1H3,(H,17,18). The van der Waals surface area contributed by atoms with Crippen molar-refractivity contribution in [2.24, 2.45) is 11.8 Å². The molecule has 0 heterocycles. The quantitative estimate of drug-likeness (QED) is 0.784. The van der Waals surface area contributed by atoms with Crippen LogP contribution in [0.2, 0.25) is 0 Å². The van der Waals surface area contributed by atoms with Gasteiger partial charge in [-0.05, 0) is 42.9 Å². The van der Waals surface area contributed by atoms with E-state index in [9.17, 15) is 4.79 Å². The molecule has 0 aromatic heterocycles. The van der Waals surface area contributed by atoms with E-state index in [4.69, 9.17) is 0 Å². The van der Waals surface area contributed by atoms with Crippen LogP contribution in [0.3, 0.4) is 0 Å². The number of hydrogen-bond acceptors (Lipinski definition) is 2. The highest BCUT2D eigenvalue weighted by Gasteiger charge is 2.56. The SMILES string of the molecule is CNCCNC(=O)C1C2CCc3ccccc3C21. The van der Waals surface area contributed by atoms with Crippen LogP contribution in [0.15, 0.2) is 24.3 Å². The van der Waals surface area contributed by atoms with Crippen molar-refractivity contribution in [2.75, 3.05) is 20.1 Å². The Morgan fingerprint density at radius 1 is 1.33 bits per heavy atom. The summed E-state index contributed by atoms with van der Waals surface area (Å²) in [5.41, 5.74) is 2.87. The molecule has 0 radical (unpaired) electrons. The van der Waals surface area contributed by atoms with Gasteiger partial charge in [-0.15, -0.1) is 0 Å². The summed E-state index contributed by atoms with van der Waals surface area (Å²) in [5, 5.41) is 6.08. The Bertz CT molecular complexity index is 458. The molecule has 2 N–H and O–H groups in total. The first-order chi connectivity index (χ1) is 8.83. The topological polar surface area (TPSA) is 41.1 Å². The molecule has 18 heavy (non-hydrogen) atoms. The number of fused-ring (bicyclic) bond motifs is 3. The molecular formula is C15H20N2O. The molecule has 3 atom stereocenters. The number of aryl methyl sites for hydroxylation is 1. The van der Waals surface area contributed by atoms with Crippen molar-refractivity contribution in [3.8, 4) is 0 Å². The molecule has 0 bridgehead atoms.